The van der Waals surface area contributed by atoms with Gasteiger partial charge in [0, 0.05) is 53.9 Å². The Labute approximate surface area is 122 Å². The van der Waals surface area contributed by atoms with Crippen LogP contribution in [0, 0.1) is 0 Å². The molecule has 2 aliphatic heterocycles. The third-order valence-corrected chi connectivity index (χ3v) is 4.78. The number of benzene rings is 1. The molecule has 0 spiro atoms. The first-order chi connectivity index (χ1) is 9.63. The summed E-state index contributed by atoms with van der Waals surface area (Å²) in [5.74, 6) is 0.190. The van der Waals surface area contributed by atoms with E-state index in [2.05, 4.69) is 16.0 Å². The Hall–Kier alpha value is -1.68. The van der Waals surface area contributed by atoms with Gasteiger partial charge in [0.05, 0.1) is 6.04 Å². The Morgan fingerprint density at radius 2 is 2.20 bits per heavy atom. The zero-order valence-corrected chi connectivity index (χ0v) is 12.0. The monoisotopic (exact) mass is 289 g/mol. The fraction of sp³-hybridized carbons (Fsp3) is 0.400. The fourth-order valence-electron chi connectivity index (χ4n) is 3.70. The zero-order chi connectivity index (χ0) is 13.9. The molecule has 5 heteroatoms. The van der Waals surface area contributed by atoms with Gasteiger partial charge in [0.15, 0.2) is 0 Å². The van der Waals surface area contributed by atoms with E-state index >= 15 is 0 Å². The molecule has 0 radical (unpaired) electrons. The number of fused-ring (bicyclic) bond motifs is 3. The summed E-state index contributed by atoms with van der Waals surface area (Å²) in [5, 5.41) is 1.96. The highest BCUT2D eigenvalue weighted by atomic mass is 35.5. The van der Waals surface area contributed by atoms with Crippen molar-refractivity contribution in [2.75, 3.05) is 18.0 Å². The second-order valence-corrected chi connectivity index (χ2v) is 6.17. The highest BCUT2D eigenvalue weighted by molar-refractivity contribution is 6.31. The van der Waals surface area contributed by atoms with E-state index in [1.807, 2.05) is 23.2 Å². The third kappa shape index (κ3) is 1.64. The number of amides is 1. The van der Waals surface area contributed by atoms with Crippen LogP contribution in [0.1, 0.15) is 13.3 Å². The van der Waals surface area contributed by atoms with E-state index in [4.69, 9.17) is 11.6 Å². The predicted molar refractivity (Wildman–Crippen MR) is 80.2 cm³/mol. The molecule has 2 aliphatic rings. The van der Waals surface area contributed by atoms with E-state index in [1.165, 1.54) is 11.1 Å². The summed E-state index contributed by atoms with van der Waals surface area (Å²) in [5.41, 5.74) is 2.25. The highest BCUT2D eigenvalue weighted by Gasteiger charge is 2.44. The van der Waals surface area contributed by atoms with Crippen molar-refractivity contribution < 1.29 is 4.79 Å². The number of hydrogen-bond donors (Lipinski definition) is 1. The number of hydrogen-bond acceptors (Lipinski definition) is 2. The molecule has 4 nitrogen and oxygen atoms in total. The van der Waals surface area contributed by atoms with Crippen molar-refractivity contribution in [2.45, 2.75) is 25.4 Å². The van der Waals surface area contributed by atoms with Crippen LogP contribution in [0.2, 0.25) is 5.02 Å². The quantitative estimate of drug-likeness (QED) is 0.876. The molecule has 2 bridgehead atoms. The van der Waals surface area contributed by atoms with Crippen LogP contribution >= 0.6 is 11.6 Å². The number of halogens is 1. The number of anilines is 1. The van der Waals surface area contributed by atoms with Crippen LogP contribution < -0.4 is 4.90 Å². The molecule has 1 aromatic carbocycles. The van der Waals surface area contributed by atoms with Gasteiger partial charge < -0.3 is 14.8 Å². The van der Waals surface area contributed by atoms with Crippen molar-refractivity contribution in [3.63, 3.8) is 0 Å². The van der Waals surface area contributed by atoms with Crippen LogP contribution in [0.25, 0.3) is 10.9 Å². The van der Waals surface area contributed by atoms with Crippen LogP contribution in [0.3, 0.4) is 0 Å². The lowest BCUT2D eigenvalue weighted by Crippen LogP contribution is -2.48. The molecule has 104 valence electrons. The lowest BCUT2D eigenvalue weighted by Gasteiger charge is -2.35. The second kappa shape index (κ2) is 4.16. The number of rotatable bonds is 1. The summed E-state index contributed by atoms with van der Waals surface area (Å²) in [6.45, 7) is 3.40. The van der Waals surface area contributed by atoms with Crippen LogP contribution in [0.5, 0.6) is 0 Å². The summed E-state index contributed by atoms with van der Waals surface area (Å²) < 4.78 is 0. The minimum Gasteiger partial charge on any atom is -0.364 e. The van der Waals surface area contributed by atoms with Crippen molar-refractivity contribution in [1.29, 1.82) is 0 Å². The van der Waals surface area contributed by atoms with E-state index in [1.54, 1.807) is 6.92 Å². The van der Waals surface area contributed by atoms with Gasteiger partial charge in [-0.2, -0.15) is 0 Å². The molecule has 0 aliphatic carbocycles. The number of likely N-dealkylation sites (tertiary alicyclic amines) is 1. The lowest BCUT2D eigenvalue weighted by molar-refractivity contribution is -0.129. The van der Waals surface area contributed by atoms with E-state index in [0.717, 1.165) is 30.0 Å². The summed E-state index contributed by atoms with van der Waals surface area (Å²) >= 11 is 6.23. The average Bonchev–Trinajstić information content (AvgIpc) is 3.10. The largest absolute Gasteiger partial charge is 0.364 e. The second-order valence-electron chi connectivity index (χ2n) is 5.73. The number of nitrogens with zero attached hydrogens (tertiary/aromatic N) is 2. The molecule has 1 amide bonds. The maximum Gasteiger partial charge on any atom is 0.219 e. The van der Waals surface area contributed by atoms with Crippen LogP contribution in [-0.2, 0) is 4.79 Å². The molecule has 0 saturated carbocycles. The Morgan fingerprint density at radius 1 is 1.35 bits per heavy atom. The first kappa shape index (κ1) is 12.1. The Balaban J connectivity index is 1.72. The predicted octanol–water partition coefficient (Wildman–Crippen LogP) is 2.63. The van der Waals surface area contributed by atoms with Crippen LogP contribution in [-0.4, -0.2) is 41.0 Å². The molecule has 1 aromatic heterocycles. The van der Waals surface area contributed by atoms with Gasteiger partial charge in [-0.15, -0.1) is 0 Å². The van der Waals surface area contributed by atoms with Gasteiger partial charge in [-0.1, -0.05) is 11.6 Å². The molecule has 2 atom stereocenters. The van der Waals surface area contributed by atoms with Gasteiger partial charge in [-0.05, 0) is 24.6 Å². The lowest BCUT2D eigenvalue weighted by atomic mass is 10.1. The standard InChI is InChI=1S/C15H16ClN3O/c1-9(20)18-7-12-6-11(18)8-19(12)15-5-10(16)4-14-13(15)2-3-17-14/h2-5,11-12,17H,6-8H2,1H3. The van der Waals surface area contributed by atoms with Gasteiger partial charge >= 0.3 is 0 Å². The Bertz CT molecular complexity index is 695. The number of H-pyrrole nitrogens is 1. The molecule has 20 heavy (non-hydrogen) atoms. The summed E-state index contributed by atoms with van der Waals surface area (Å²) in [7, 11) is 0. The van der Waals surface area contributed by atoms with E-state index in [-0.39, 0.29) is 5.91 Å². The number of carbonyl (C=O) groups is 1. The van der Waals surface area contributed by atoms with Crippen molar-refractivity contribution in [1.82, 2.24) is 9.88 Å². The Kier molecular flexibility index (Phi) is 2.51. The van der Waals surface area contributed by atoms with Gasteiger partial charge in [-0.25, -0.2) is 0 Å². The topological polar surface area (TPSA) is 39.3 Å². The minimum atomic E-state index is 0.190. The number of aromatic nitrogens is 1. The minimum absolute atomic E-state index is 0.190. The smallest absolute Gasteiger partial charge is 0.219 e. The zero-order valence-electron chi connectivity index (χ0n) is 11.3. The maximum atomic E-state index is 11.6. The van der Waals surface area contributed by atoms with Crippen molar-refractivity contribution in [2.24, 2.45) is 0 Å². The number of piperazine rings is 1. The summed E-state index contributed by atoms with van der Waals surface area (Å²) in [4.78, 5) is 19.2. The molecular formula is C15H16ClN3O. The summed E-state index contributed by atoms with van der Waals surface area (Å²) in [6.07, 6.45) is 3.01. The highest BCUT2D eigenvalue weighted by Crippen LogP contribution is 2.39. The molecule has 2 aromatic rings. The number of carbonyl (C=O) groups excluding carboxylic acids is 1. The fourth-order valence-corrected chi connectivity index (χ4v) is 3.91. The van der Waals surface area contributed by atoms with Crippen LogP contribution in [0.4, 0.5) is 5.69 Å². The average molecular weight is 290 g/mol. The Morgan fingerprint density at radius 3 is 2.90 bits per heavy atom. The molecule has 3 heterocycles. The third-order valence-electron chi connectivity index (χ3n) is 4.57. The number of aromatic amines is 1. The first-order valence-corrected chi connectivity index (χ1v) is 7.32. The van der Waals surface area contributed by atoms with Crippen molar-refractivity contribution >= 4 is 34.1 Å². The van der Waals surface area contributed by atoms with E-state index < -0.39 is 0 Å². The van der Waals surface area contributed by atoms with E-state index in [9.17, 15) is 4.79 Å². The van der Waals surface area contributed by atoms with Crippen molar-refractivity contribution in [3.05, 3.63) is 29.4 Å². The van der Waals surface area contributed by atoms with Gasteiger partial charge in [-0.3, -0.25) is 4.79 Å². The van der Waals surface area contributed by atoms with Gasteiger partial charge in [0.25, 0.3) is 0 Å². The van der Waals surface area contributed by atoms with E-state index in [0.29, 0.717) is 12.1 Å². The van der Waals surface area contributed by atoms with Gasteiger partial charge in [0.1, 0.15) is 0 Å². The molecule has 2 fully saturated rings. The SMILES string of the molecule is CC(=O)N1CC2CC1CN2c1cc(Cl)cc2[nH]ccc12. The van der Waals surface area contributed by atoms with Gasteiger partial charge in [0.2, 0.25) is 5.91 Å². The number of nitrogens with one attached hydrogen (secondary N) is 1. The normalized spacial score (nSPS) is 24.9. The first-order valence-electron chi connectivity index (χ1n) is 6.94. The van der Waals surface area contributed by atoms with Crippen molar-refractivity contribution in [3.8, 4) is 0 Å². The van der Waals surface area contributed by atoms with Crippen LogP contribution in [0.15, 0.2) is 24.4 Å². The molecule has 2 saturated heterocycles. The molecule has 2 unspecified atom stereocenters. The maximum absolute atomic E-state index is 11.6. The molecular weight excluding hydrogens is 274 g/mol. The molecule has 1 N–H and O–H groups in total. The summed E-state index contributed by atoms with van der Waals surface area (Å²) in [6, 6.07) is 6.86. The molecule has 4 rings (SSSR count).